The van der Waals surface area contributed by atoms with Crippen LogP contribution in [0.15, 0.2) is 23.6 Å². The molecule has 0 aliphatic carbocycles. The van der Waals surface area contributed by atoms with E-state index in [2.05, 4.69) is 10.3 Å². The molecule has 0 fully saturated rings. The van der Waals surface area contributed by atoms with E-state index in [1.807, 2.05) is 44.4 Å². The van der Waals surface area contributed by atoms with E-state index in [9.17, 15) is 9.59 Å². The predicted octanol–water partition coefficient (Wildman–Crippen LogP) is 4.08. The molecule has 0 bridgehead atoms. The molecular formula is C19H26Cl2N4O2S. The molecule has 154 valence electrons. The lowest BCUT2D eigenvalue weighted by molar-refractivity contribution is -0.123. The topological polar surface area (TPSA) is 88.3 Å². The Morgan fingerprint density at radius 1 is 1.29 bits per heavy atom. The van der Waals surface area contributed by atoms with Crippen molar-refractivity contribution in [2.75, 3.05) is 22.5 Å². The molecule has 3 N–H and O–H groups in total. The van der Waals surface area contributed by atoms with Crippen molar-refractivity contribution in [3.05, 3.63) is 34.8 Å². The number of nitrogen functional groups attached to an aromatic ring is 1. The number of amides is 2. The van der Waals surface area contributed by atoms with Gasteiger partial charge >= 0.3 is 0 Å². The van der Waals surface area contributed by atoms with Crippen molar-refractivity contribution in [2.24, 2.45) is 5.41 Å². The Labute approximate surface area is 181 Å². The third-order valence-corrected chi connectivity index (χ3v) is 5.18. The number of benzene rings is 1. The number of nitrogens with one attached hydrogen (secondary N) is 1. The first kappa shape index (κ1) is 24.2. The minimum Gasteiger partial charge on any atom is -0.398 e. The minimum absolute atomic E-state index is 0. The molecule has 0 saturated heterocycles. The minimum atomic E-state index is -0.487. The van der Waals surface area contributed by atoms with Crippen LogP contribution in [0.2, 0.25) is 0 Å². The molecule has 28 heavy (non-hydrogen) atoms. The van der Waals surface area contributed by atoms with Gasteiger partial charge in [0.15, 0.2) is 5.13 Å². The van der Waals surface area contributed by atoms with Crippen LogP contribution in [0, 0.1) is 5.41 Å². The summed E-state index contributed by atoms with van der Waals surface area (Å²) in [5, 5.41) is 5.15. The number of anilines is 3. The Morgan fingerprint density at radius 2 is 2.00 bits per heavy atom. The second kappa shape index (κ2) is 9.58. The van der Waals surface area contributed by atoms with Gasteiger partial charge in [-0.15, -0.1) is 36.2 Å². The Hall–Kier alpha value is -1.83. The number of hydrogen-bond donors (Lipinski definition) is 2. The maximum atomic E-state index is 12.8. The monoisotopic (exact) mass is 444 g/mol. The molecule has 0 unspecified atom stereocenters. The van der Waals surface area contributed by atoms with E-state index in [4.69, 9.17) is 5.73 Å². The number of nitrogens with zero attached hydrogens (tertiary/aromatic N) is 2. The summed E-state index contributed by atoms with van der Waals surface area (Å²) in [6, 6.07) is 5.69. The molecule has 3 rings (SSSR count). The normalized spacial score (nSPS) is 13.0. The van der Waals surface area contributed by atoms with Gasteiger partial charge in [-0.2, -0.15) is 0 Å². The van der Waals surface area contributed by atoms with Gasteiger partial charge in [-0.3, -0.25) is 9.59 Å². The summed E-state index contributed by atoms with van der Waals surface area (Å²) in [6.45, 7) is 6.23. The number of fused-ring (bicyclic) bond motifs is 1. The first-order chi connectivity index (χ1) is 12.3. The zero-order valence-electron chi connectivity index (χ0n) is 16.2. The third-order valence-electron chi connectivity index (χ3n) is 4.37. The highest BCUT2D eigenvalue weighted by atomic mass is 35.5. The van der Waals surface area contributed by atoms with Crippen molar-refractivity contribution in [3.8, 4) is 0 Å². The second-order valence-corrected chi connectivity index (χ2v) is 8.38. The molecule has 1 aliphatic heterocycles. The summed E-state index contributed by atoms with van der Waals surface area (Å²) in [6.07, 6.45) is 2.00. The van der Waals surface area contributed by atoms with Gasteiger partial charge in [0.05, 0.1) is 12.1 Å². The van der Waals surface area contributed by atoms with Crippen molar-refractivity contribution < 1.29 is 9.59 Å². The van der Waals surface area contributed by atoms with E-state index in [0.29, 0.717) is 17.4 Å². The highest BCUT2D eigenvalue weighted by Gasteiger charge is 2.25. The molecule has 0 atom stereocenters. The third kappa shape index (κ3) is 5.37. The van der Waals surface area contributed by atoms with Gasteiger partial charge in [-0.1, -0.05) is 26.8 Å². The number of carbonyl (C=O) groups is 2. The molecule has 0 radical (unpaired) electrons. The van der Waals surface area contributed by atoms with Crippen LogP contribution in [-0.4, -0.2) is 23.3 Å². The van der Waals surface area contributed by atoms with Crippen molar-refractivity contribution in [1.82, 2.24) is 4.98 Å². The quantitative estimate of drug-likeness (QED) is 0.697. The number of halogens is 2. The highest BCUT2D eigenvalue weighted by molar-refractivity contribution is 7.13. The number of carbonyl (C=O) groups excluding carboxylic acids is 2. The molecule has 2 heterocycles. The van der Waals surface area contributed by atoms with Crippen molar-refractivity contribution in [2.45, 2.75) is 40.0 Å². The van der Waals surface area contributed by atoms with Gasteiger partial charge in [0, 0.05) is 28.7 Å². The second-order valence-electron chi connectivity index (χ2n) is 7.52. The Bertz CT molecular complexity index is 849. The van der Waals surface area contributed by atoms with E-state index in [-0.39, 0.29) is 43.0 Å². The van der Waals surface area contributed by atoms with Crippen molar-refractivity contribution in [3.63, 3.8) is 0 Å². The van der Waals surface area contributed by atoms with Crippen LogP contribution in [0.3, 0.4) is 0 Å². The van der Waals surface area contributed by atoms with Crippen LogP contribution in [0.25, 0.3) is 0 Å². The molecule has 1 aromatic heterocycles. The van der Waals surface area contributed by atoms with Crippen molar-refractivity contribution >= 4 is 64.5 Å². The van der Waals surface area contributed by atoms with E-state index in [0.717, 1.165) is 29.8 Å². The van der Waals surface area contributed by atoms with Gasteiger partial charge in [-0.25, -0.2) is 4.98 Å². The fraction of sp³-hybridized carbons (Fsp3) is 0.421. The standard InChI is InChI=1S/C19H24N4O2S.2ClH/c1-19(2,3)17(25)22-18-21-12(11-26-18)10-16(24)23-9-5-6-13-14(20)7-4-8-15(13)23;;/h4,7-8,11H,5-6,9-10,20H2,1-3H3,(H,21,22,25);2*1H. The van der Waals surface area contributed by atoms with Crippen LogP contribution >= 0.6 is 36.2 Å². The summed E-state index contributed by atoms with van der Waals surface area (Å²) in [4.78, 5) is 31.0. The summed E-state index contributed by atoms with van der Waals surface area (Å²) in [5.74, 6) is -0.0966. The van der Waals surface area contributed by atoms with Crippen LogP contribution < -0.4 is 16.0 Å². The van der Waals surface area contributed by atoms with Gasteiger partial charge in [0.25, 0.3) is 0 Å². The molecule has 0 saturated carbocycles. The van der Waals surface area contributed by atoms with Crippen LogP contribution in [-0.2, 0) is 22.4 Å². The number of nitrogens with two attached hydrogens (primary N) is 1. The lowest BCUT2D eigenvalue weighted by Crippen LogP contribution is -2.36. The fourth-order valence-electron chi connectivity index (χ4n) is 2.89. The molecular weight excluding hydrogens is 419 g/mol. The number of rotatable bonds is 3. The molecule has 9 heteroatoms. The molecule has 1 aliphatic rings. The van der Waals surface area contributed by atoms with E-state index < -0.39 is 5.41 Å². The average Bonchev–Trinajstić information content (AvgIpc) is 3.01. The average molecular weight is 445 g/mol. The number of aromatic nitrogens is 1. The summed E-state index contributed by atoms with van der Waals surface area (Å²) in [5.41, 5.74) is 8.91. The van der Waals surface area contributed by atoms with Crippen LogP contribution in [0.5, 0.6) is 0 Å². The largest absolute Gasteiger partial charge is 0.398 e. The summed E-state index contributed by atoms with van der Waals surface area (Å²) >= 11 is 1.34. The summed E-state index contributed by atoms with van der Waals surface area (Å²) in [7, 11) is 0. The number of hydrogen-bond acceptors (Lipinski definition) is 5. The SMILES string of the molecule is CC(C)(C)C(=O)Nc1nc(CC(=O)N2CCCc3c(N)cccc32)cs1.Cl.Cl. The van der Waals surface area contributed by atoms with E-state index in [1.165, 1.54) is 11.3 Å². The molecule has 2 amide bonds. The Balaban J connectivity index is 0.00000196. The zero-order chi connectivity index (χ0) is 18.9. The molecule has 0 spiro atoms. The molecule has 2 aromatic rings. The maximum absolute atomic E-state index is 12.8. The number of thiazole rings is 1. The van der Waals surface area contributed by atoms with Gasteiger partial charge in [-0.05, 0) is 30.5 Å². The summed E-state index contributed by atoms with van der Waals surface area (Å²) < 4.78 is 0. The van der Waals surface area contributed by atoms with Crippen molar-refractivity contribution in [1.29, 1.82) is 0 Å². The lowest BCUT2D eigenvalue weighted by Gasteiger charge is -2.30. The first-order valence-electron chi connectivity index (χ1n) is 8.69. The van der Waals surface area contributed by atoms with Crippen LogP contribution in [0.4, 0.5) is 16.5 Å². The van der Waals surface area contributed by atoms with E-state index in [1.54, 1.807) is 4.90 Å². The first-order valence-corrected chi connectivity index (χ1v) is 9.57. The fourth-order valence-corrected chi connectivity index (χ4v) is 3.60. The van der Waals surface area contributed by atoms with Gasteiger partial charge < -0.3 is 16.0 Å². The Kier molecular flexibility index (Phi) is 8.29. The van der Waals surface area contributed by atoms with Crippen LogP contribution in [0.1, 0.15) is 38.4 Å². The zero-order valence-corrected chi connectivity index (χ0v) is 18.6. The molecule has 1 aromatic carbocycles. The van der Waals surface area contributed by atoms with E-state index >= 15 is 0 Å². The predicted molar refractivity (Wildman–Crippen MR) is 120 cm³/mol. The maximum Gasteiger partial charge on any atom is 0.233 e. The smallest absolute Gasteiger partial charge is 0.233 e. The highest BCUT2D eigenvalue weighted by Crippen LogP contribution is 2.31. The van der Waals surface area contributed by atoms with Gasteiger partial charge in [0.2, 0.25) is 11.8 Å². The Morgan fingerprint density at radius 3 is 2.68 bits per heavy atom. The lowest BCUT2D eigenvalue weighted by atomic mass is 9.96. The van der Waals surface area contributed by atoms with Gasteiger partial charge in [0.1, 0.15) is 0 Å². The molecule has 6 nitrogen and oxygen atoms in total.